The number of aliphatic hydroxyl groups excluding tert-OH is 1. The Bertz CT molecular complexity index is 597. The van der Waals surface area contributed by atoms with Gasteiger partial charge in [0, 0.05) is 4.88 Å². The Kier molecular flexibility index (Phi) is 5.66. The first-order valence-electron chi connectivity index (χ1n) is 6.38. The molecule has 1 aromatic heterocycles. The molecule has 0 aliphatic carbocycles. The predicted molar refractivity (Wildman–Crippen MR) is 82.0 cm³/mol. The molecule has 0 spiro atoms. The lowest BCUT2D eigenvalue weighted by molar-refractivity contribution is -0.116. The highest BCUT2D eigenvalue weighted by atomic mass is 32.2. The van der Waals surface area contributed by atoms with E-state index in [9.17, 15) is 23.1 Å². The van der Waals surface area contributed by atoms with E-state index in [0.717, 1.165) is 0 Å². The second kappa shape index (κ2) is 7.30. The SMILES string of the molecule is O=C(SCC(F)(F)F)[C@H](c1ccccc1)[C@@H](O)c1cccs1. The number of carbonyl (C=O) groups is 1. The van der Waals surface area contributed by atoms with Crippen LogP contribution in [0.1, 0.15) is 22.5 Å². The van der Waals surface area contributed by atoms with Gasteiger partial charge >= 0.3 is 6.18 Å². The minimum atomic E-state index is -4.42. The minimum absolute atomic E-state index is 0.193. The summed E-state index contributed by atoms with van der Waals surface area (Å²) in [6.45, 7) is 0. The fourth-order valence-corrected chi connectivity index (χ4v) is 3.47. The first-order valence-corrected chi connectivity index (χ1v) is 8.25. The van der Waals surface area contributed by atoms with E-state index in [0.29, 0.717) is 10.4 Å². The van der Waals surface area contributed by atoms with Crippen LogP contribution in [-0.4, -0.2) is 22.2 Å². The summed E-state index contributed by atoms with van der Waals surface area (Å²) in [6.07, 6.45) is -5.58. The van der Waals surface area contributed by atoms with E-state index in [1.54, 1.807) is 47.8 Å². The van der Waals surface area contributed by atoms with Gasteiger partial charge in [-0.25, -0.2) is 0 Å². The molecule has 1 heterocycles. The van der Waals surface area contributed by atoms with Gasteiger partial charge in [-0.05, 0) is 17.0 Å². The lowest BCUT2D eigenvalue weighted by Gasteiger charge is -2.21. The summed E-state index contributed by atoms with van der Waals surface area (Å²) >= 11 is 1.45. The summed E-state index contributed by atoms with van der Waals surface area (Å²) in [5, 5.41) is 11.5. The summed E-state index contributed by atoms with van der Waals surface area (Å²) in [5.74, 6) is -2.28. The molecule has 0 aliphatic heterocycles. The molecule has 1 N–H and O–H groups in total. The highest BCUT2D eigenvalue weighted by molar-refractivity contribution is 8.13. The third kappa shape index (κ3) is 4.59. The van der Waals surface area contributed by atoms with Gasteiger partial charge in [-0.3, -0.25) is 4.79 Å². The molecule has 118 valence electrons. The van der Waals surface area contributed by atoms with Crippen molar-refractivity contribution in [3.8, 4) is 0 Å². The smallest absolute Gasteiger partial charge is 0.386 e. The number of thioether (sulfide) groups is 1. The molecule has 2 aromatic rings. The van der Waals surface area contributed by atoms with Crippen molar-refractivity contribution >= 4 is 28.2 Å². The third-order valence-electron chi connectivity index (χ3n) is 2.94. The maximum absolute atomic E-state index is 12.3. The van der Waals surface area contributed by atoms with Gasteiger partial charge in [0.25, 0.3) is 0 Å². The summed E-state index contributed by atoms with van der Waals surface area (Å²) in [6, 6.07) is 11.8. The summed E-state index contributed by atoms with van der Waals surface area (Å²) in [7, 11) is 0. The lowest BCUT2D eigenvalue weighted by atomic mass is 9.94. The van der Waals surface area contributed by atoms with Crippen LogP contribution in [0.3, 0.4) is 0 Å². The van der Waals surface area contributed by atoms with Crippen LogP contribution in [0.2, 0.25) is 0 Å². The average molecular weight is 346 g/mol. The van der Waals surface area contributed by atoms with Crippen LogP contribution in [-0.2, 0) is 4.79 Å². The Morgan fingerprint density at radius 3 is 2.41 bits per heavy atom. The van der Waals surface area contributed by atoms with E-state index in [1.807, 2.05) is 0 Å². The zero-order valence-electron chi connectivity index (χ0n) is 11.3. The fraction of sp³-hybridized carbons (Fsp3) is 0.267. The fourth-order valence-electron chi connectivity index (χ4n) is 1.97. The molecule has 1 aromatic carbocycles. The van der Waals surface area contributed by atoms with Gasteiger partial charge in [-0.15, -0.1) is 11.3 Å². The highest BCUT2D eigenvalue weighted by Gasteiger charge is 2.34. The number of alkyl halides is 3. The van der Waals surface area contributed by atoms with Crippen molar-refractivity contribution in [3.63, 3.8) is 0 Å². The number of rotatable bonds is 5. The van der Waals surface area contributed by atoms with Gasteiger partial charge in [0.2, 0.25) is 0 Å². The third-order valence-corrected chi connectivity index (χ3v) is 4.89. The van der Waals surface area contributed by atoms with Crippen molar-refractivity contribution in [1.82, 2.24) is 0 Å². The highest BCUT2D eigenvalue weighted by Crippen LogP contribution is 2.37. The molecular weight excluding hydrogens is 333 g/mol. The summed E-state index contributed by atoms with van der Waals surface area (Å²) in [4.78, 5) is 12.8. The molecular formula is C15H13F3O2S2. The van der Waals surface area contributed by atoms with Gasteiger partial charge in [0.05, 0.1) is 11.7 Å². The Labute approximate surface area is 134 Å². The van der Waals surface area contributed by atoms with Crippen molar-refractivity contribution in [2.45, 2.75) is 18.2 Å². The van der Waals surface area contributed by atoms with Crippen molar-refractivity contribution in [2.24, 2.45) is 0 Å². The molecule has 22 heavy (non-hydrogen) atoms. The second-order valence-electron chi connectivity index (χ2n) is 4.57. The second-order valence-corrected chi connectivity index (χ2v) is 6.53. The van der Waals surface area contributed by atoms with Crippen LogP contribution in [0.4, 0.5) is 13.2 Å². The number of hydrogen-bond donors (Lipinski definition) is 1. The Morgan fingerprint density at radius 1 is 1.18 bits per heavy atom. The zero-order valence-corrected chi connectivity index (χ0v) is 12.9. The van der Waals surface area contributed by atoms with Crippen molar-refractivity contribution in [2.75, 3.05) is 5.75 Å². The number of aliphatic hydroxyl groups is 1. The van der Waals surface area contributed by atoms with E-state index in [1.165, 1.54) is 11.3 Å². The topological polar surface area (TPSA) is 37.3 Å². The molecule has 0 radical (unpaired) electrons. The molecule has 2 nitrogen and oxygen atoms in total. The average Bonchev–Trinajstić information content (AvgIpc) is 3.00. The summed E-state index contributed by atoms with van der Waals surface area (Å²) < 4.78 is 37.0. The van der Waals surface area contributed by atoms with Crippen LogP contribution >= 0.6 is 23.1 Å². The standard InChI is InChI=1S/C15H13F3O2S2/c16-15(17,18)9-22-14(20)12(10-5-2-1-3-6-10)13(19)11-7-4-8-21-11/h1-8,12-13,19H,9H2/t12-,13+/m1/s1. The van der Waals surface area contributed by atoms with Crippen LogP contribution in [0.25, 0.3) is 0 Å². The van der Waals surface area contributed by atoms with E-state index in [4.69, 9.17) is 0 Å². The van der Waals surface area contributed by atoms with Crippen LogP contribution in [0.5, 0.6) is 0 Å². The molecule has 0 saturated carbocycles. The quantitative estimate of drug-likeness (QED) is 0.873. The molecule has 0 saturated heterocycles. The lowest BCUT2D eigenvalue weighted by Crippen LogP contribution is -2.21. The minimum Gasteiger partial charge on any atom is -0.386 e. The molecule has 2 atom stereocenters. The Hall–Kier alpha value is -1.31. The number of thiophene rings is 1. The number of hydrogen-bond acceptors (Lipinski definition) is 4. The predicted octanol–water partition coefficient (Wildman–Crippen LogP) is 4.39. The van der Waals surface area contributed by atoms with Crippen molar-refractivity contribution in [1.29, 1.82) is 0 Å². The Morgan fingerprint density at radius 2 is 1.86 bits per heavy atom. The van der Waals surface area contributed by atoms with E-state index >= 15 is 0 Å². The largest absolute Gasteiger partial charge is 0.398 e. The first-order chi connectivity index (χ1) is 10.4. The van der Waals surface area contributed by atoms with Gasteiger partial charge in [0.15, 0.2) is 5.12 Å². The normalized spacial score (nSPS) is 14.5. The van der Waals surface area contributed by atoms with E-state index in [2.05, 4.69) is 0 Å². The molecule has 0 unspecified atom stereocenters. The number of benzene rings is 1. The van der Waals surface area contributed by atoms with Gasteiger partial charge < -0.3 is 5.11 Å². The van der Waals surface area contributed by atoms with Gasteiger partial charge in [0.1, 0.15) is 6.10 Å². The monoisotopic (exact) mass is 346 g/mol. The van der Waals surface area contributed by atoms with Gasteiger partial charge in [-0.1, -0.05) is 48.2 Å². The molecule has 7 heteroatoms. The maximum Gasteiger partial charge on any atom is 0.398 e. The zero-order chi connectivity index (χ0) is 16.2. The van der Waals surface area contributed by atoms with Gasteiger partial charge in [-0.2, -0.15) is 13.2 Å². The molecule has 0 fully saturated rings. The molecule has 0 bridgehead atoms. The first kappa shape index (κ1) is 17.1. The van der Waals surface area contributed by atoms with Crippen molar-refractivity contribution < 1.29 is 23.1 Å². The molecule has 2 rings (SSSR count). The Balaban J connectivity index is 2.24. The number of halogens is 3. The number of carbonyl (C=O) groups excluding carboxylic acids is 1. The van der Waals surface area contributed by atoms with Crippen LogP contribution < -0.4 is 0 Å². The molecule has 0 amide bonds. The van der Waals surface area contributed by atoms with Crippen molar-refractivity contribution in [3.05, 3.63) is 58.3 Å². The molecule has 0 aliphatic rings. The maximum atomic E-state index is 12.3. The summed E-state index contributed by atoms with van der Waals surface area (Å²) in [5.41, 5.74) is 0.503. The van der Waals surface area contributed by atoms with E-state index < -0.39 is 29.1 Å². The van der Waals surface area contributed by atoms with E-state index in [-0.39, 0.29) is 11.8 Å². The van der Waals surface area contributed by atoms with Crippen LogP contribution in [0, 0.1) is 0 Å². The van der Waals surface area contributed by atoms with Crippen LogP contribution in [0.15, 0.2) is 47.8 Å².